The Morgan fingerprint density at radius 1 is 1.21 bits per heavy atom. The molecule has 1 N–H and O–H groups in total. The van der Waals surface area contributed by atoms with Crippen molar-refractivity contribution >= 4 is 5.91 Å². The molecule has 0 saturated carbocycles. The Morgan fingerprint density at radius 3 is 2.63 bits per heavy atom. The smallest absolute Gasteiger partial charge is 0.225 e. The first-order chi connectivity index (χ1) is 9.18. The lowest BCUT2D eigenvalue weighted by Crippen LogP contribution is -2.48. The van der Waals surface area contributed by atoms with Gasteiger partial charge in [0.1, 0.15) is 0 Å². The number of hydrogen-bond acceptors (Lipinski definition) is 3. The molecule has 0 aromatic heterocycles. The van der Waals surface area contributed by atoms with Crippen molar-refractivity contribution in [2.75, 3.05) is 39.3 Å². The zero-order valence-corrected chi connectivity index (χ0v) is 12.5. The fourth-order valence-electron chi connectivity index (χ4n) is 3.19. The molecule has 0 aliphatic carbocycles. The number of likely N-dealkylation sites (tertiary alicyclic amines) is 1. The highest BCUT2D eigenvalue weighted by molar-refractivity contribution is 5.78. The average molecular weight is 267 g/mol. The molecule has 2 rings (SSSR count). The van der Waals surface area contributed by atoms with Gasteiger partial charge in [0.15, 0.2) is 0 Å². The summed E-state index contributed by atoms with van der Waals surface area (Å²) in [5.41, 5.74) is 0. The fourth-order valence-corrected chi connectivity index (χ4v) is 3.19. The topological polar surface area (TPSA) is 35.6 Å². The van der Waals surface area contributed by atoms with Crippen LogP contribution in [0.15, 0.2) is 0 Å². The van der Waals surface area contributed by atoms with Gasteiger partial charge in [0.25, 0.3) is 0 Å². The maximum atomic E-state index is 12.3. The van der Waals surface area contributed by atoms with Crippen molar-refractivity contribution in [3.63, 3.8) is 0 Å². The van der Waals surface area contributed by atoms with Crippen LogP contribution < -0.4 is 5.32 Å². The van der Waals surface area contributed by atoms with Gasteiger partial charge in [-0.1, -0.05) is 13.8 Å². The molecule has 2 heterocycles. The zero-order chi connectivity index (χ0) is 13.7. The van der Waals surface area contributed by atoms with Gasteiger partial charge >= 0.3 is 0 Å². The van der Waals surface area contributed by atoms with Crippen molar-refractivity contribution in [1.29, 1.82) is 0 Å². The van der Waals surface area contributed by atoms with E-state index in [1.54, 1.807) is 0 Å². The molecule has 2 fully saturated rings. The van der Waals surface area contributed by atoms with E-state index in [9.17, 15) is 4.79 Å². The number of nitrogens with zero attached hydrogens (tertiary/aromatic N) is 2. The van der Waals surface area contributed by atoms with Crippen molar-refractivity contribution in [2.24, 2.45) is 5.92 Å². The van der Waals surface area contributed by atoms with Crippen LogP contribution in [-0.2, 0) is 4.79 Å². The van der Waals surface area contributed by atoms with E-state index >= 15 is 0 Å². The number of amides is 1. The Kier molecular flexibility index (Phi) is 5.64. The second-order valence-electron chi connectivity index (χ2n) is 6.22. The molecule has 0 aromatic carbocycles. The molecular formula is C15H29N3O. The molecule has 4 nitrogen and oxygen atoms in total. The van der Waals surface area contributed by atoms with Crippen molar-refractivity contribution in [3.8, 4) is 0 Å². The monoisotopic (exact) mass is 267 g/mol. The maximum absolute atomic E-state index is 12.3. The first kappa shape index (κ1) is 14.8. The molecule has 0 aromatic rings. The van der Waals surface area contributed by atoms with Gasteiger partial charge in [0, 0.05) is 51.2 Å². The Labute approximate surface area is 117 Å². The molecule has 110 valence electrons. The van der Waals surface area contributed by atoms with E-state index in [-0.39, 0.29) is 5.92 Å². The maximum Gasteiger partial charge on any atom is 0.225 e. The second-order valence-corrected chi connectivity index (χ2v) is 6.22. The van der Waals surface area contributed by atoms with Crippen molar-refractivity contribution < 1.29 is 4.79 Å². The summed E-state index contributed by atoms with van der Waals surface area (Å²) < 4.78 is 0. The quantitative estimate of drug-likeness (QED) is 0.834. The first-order valence-corrected chi connectivity index (χ1v) is 7.92. The predicted molar refractivity (Wildman–Crippen MR) is 78.1 cm³/mol. The number of rotatable bonds is 4. The summed E-state index contributed by atoms with van der Waals surface area (Å²) in [6.07, 6.45) is 4.82. The van der Waals surface area contributed by atoms with Crippen molar-refractivity contribution in [2.45, 2.75) is 45.6 Å². The lowest BCUT2D eigenvalue weighted by Gasteiger charge is -2.38. The number of hydrogen-bond donors (Lipinski definition) is 1. The summed E-state index contributed by atoms with van der Waals surface area (Å²) in [5, 5.41) is 3.39. The number of carbonyl (C=O) groups excluding carboxylic acids is 1. The zero-order valence-electron chi connectivity index (χ0n) is 12.5. The molecule has 19 heavy (non-hydrogen) atoms. The molecule has 4 heteroatoms. The van der Waals surface area contributed by atoms with E-state index in [1.165, 1.54) is 19.3 Å². The van der Waals surface area contributed by atoms with Crippen LogP contribution in [0.2, 0.25) is 0 Å². The van der Waals surface area contributed by atoms with E-state index in [0.29, 0.717) is 11.9 Å². The summed E-state index contributed by atoms with van der Waals surface area (Å²) >= 11 is 0. The molecule has 1 amide bonds. The van der Waals surface area contributed by atoms with Crippen LogP contribution in [0.1, 0.15) is 39.5 Å². The Balaban J connectivity index is 1.83. The molecule has 2 aliphatic heterocycles. The average Bonchev–Trinajstić information content (AvgIpc) is 2.45. The van der Waals surface area contributed by atoms with Gasteiger partial charge in [-0.25, -0.2) is 0 Å². The highest BCUT2D eigenvalue weighted by Crippen LogP contribution is 2.22. The van der Waals surface area contributed by atoms with Gasteiger partial charge in [-0.05, 0) is 25.7 Å². The summed E-state index contributed by atoms with van der Waals surface area (Å²) in [4.78, 5) is 17.0. The third kappa shape index (κ3) is 4.18. The Hall–Kier alpha value is -0.610. The van der Waals surface area contributed by atoms with Crippen LogP contribution in [-0.4, -0.2) is 61.0 Å². The molecule has 2 aliphatic rings. The Bertz CT molecular complexity index is 287. The van der Waals surface area contributed by atoms with E-state index in [0.717, 1.165) is 45.7 Å². The van der Waals surface area contributed by atoms with Crippen LogP contribution in [0.3, 0.4) is 0 Å². The second kappa shape index (κ2) is 7.25. The van der Waals surface area contributed by atoms with Crippen LogP contribution in [0.25, 0.3) is 0 Å². The standard InChI is InChI=1S/C15H29N3O/c1-13(2)15(19)18-9-4-3-5-14(18)6-10-17-11-7-16-8-12-17/h13-14,16H,3-12H2,1-2H3. The normalized spacial score (nSPS) is 25.8. The van der Waals surface area contributed by atoms with Gasteiger partial charge in [-0.15, -0.1) is 0 Å². The first-order valence-electron chi connectivity index (χ1n) is 7.92. The third-order valence-electron chi connectivity index (χ3n) is 4.39. The molecule has 2 saturated heterocycles. The number of piperidine rings is 1. The molecular weight excluding hydrogens is 238 g/mol. The fraction of sp³-hybridized carbons (Fsp3) is 0.933. The minimum atomic E-state index is 0.139. The highest BCUT2D eigenvalue weighted by atomic mass is 16.2. The molecule has 1 unspecified atom stereocenters. The lowest BCUT2D eigenvalue weighted by atomic mass is 9.97. The molecule has 0 radical (unpaired) electrons. The van der Waals surface area contributed by atoms with Crippen molar-refractivity contribution in [1.82, 2.24) is 15.1 Å². The highest BCUT2D eigenvalue weighted by Gasteiger charge is 2.28. The van der Waals surface area contributed by atoms with E-state index in [2.05, 4.69) is 15.1 Å². The van der Waals surface area contributed by atoms with E-state index < -0.39 is 0 Å². The van der Waals surface area contributed by atoms with Gasteiger partial charge < -0.3 is 15.1 Å². The largest absolute Gasteiger partial charge is 0.339 e. The summed E-state index contributed by atoms with van der Waals surface area (Å²) in [6.45, 7) is 10.7. The van der Waals surface area contributed by atoms with Gasteiger partial charge in [-0.3, -0.25) is 4.79 Å². The summed E-state index contributed by atoms with van der Waals surface area (Å²) in [5.74, 6) is 0.491. The van der Waals surface area contributed by atoms with Gasteiger partial charge in [0.2, 0.25) is 5.91 Å². The van der Waals surface area contributed by atoms with Crippen LogP contribution >= 0.6 is 0 Å². The van der Waals surface area contributed by atoms with Crippen LogP contribution in [0, 0.1) is 5.92 Å². The number of piperazine rings is 1. The SMILES string of the molecule is CC(C)C(=O)N1CCCCC1CCN1CCNCC1. The third-order valence-corrected chi connectivity index (χ3v) is 4.39. The van der Waals surface area contributed by atoms with Gasteiger partial charge in [0.05, 0.1) is 0 Å². The number of nitrogens with one attached hydrogen (secondary N) is 1. The molecule has 1 atom stereocenters. The minimum Gasteiger partial charge on any atom is -0.339 e. The van der Waals surface area contributed by atoms with Gasteiger partial charge in [-0.2, -0.15) is 0 Å². The van der Waals surface area contributed by atoms with Crippen LogP contribution in [0.4, 0.5) is 0 Å². The van der Waals surface area contributed by atoms with E-state index in [1.807, 2.05) is 13.8 Å². The number of carbonyl (C=O) groups is 1. The molecule has 0 spiro atoms. The van der Waals surface area contributed by atoms with Crippen LogP contribution in [0.5, 0.6) is 0 Å². The van der Waals surface area contributed by atoms with Crippen molar-refractivity contribution in [3.05, 3.63) is 0 Å². The summed E-state index contributed by atoms with van der Waals surface area (Å²) in [6, 6.07) is 0.485. The minimum absolute atomic E-state index is 0.139. The predicted octanol–water partition coefficient (Wildman–Crippen LogP) is 1.32. The van der Waals surface area contributed by atoms with E-state index in [4.69, 9.17) is 0 Å². The summed E-state index contributed by atoms with van der Waals surface area (Å²) in [7, 11) is 0. The Morgan fingerprint density at radius 2 is 1.95 bits per heavy atom. The lowest BCUT2D eigenvalue weighted by molar-refractivity contribution is -0.138. The molecule has 0 bridgehead atoms.